The largest absolute Gasteiger partial charge is 0.507 e. The maximum atomic E-state index is 14.5. The first kappa shape index (κ1) is 30.8. The van der Waals surface area contributed by atoms with Crippen LogP contribution in [0.5, 0.6) is 11.6 Å². The van der Waals surface area contributed by atoms with Crippen molar-refractivity contribution in [2.75, 3.05) is 27.2 Å². The van der Waals surface area contributed by atoms with E-state index in [0.29, 0.717) is 17.4 Å². The van der Waals surface area contributed by atoms with Gasteiger partial charge in [0.15, 0.2) is 11.4 Å². The van der Waals surface area contributed by atoms with Crippen LogP contribution in [0.2, 0.25) is 0 Å². The molecule has 1 saturated heterocycles. The van der Waals surface area contributed by atoms with Crippen LogP contribution in [-0.2, 0) is 24.4 Å². The molecule has 3 N–H and O–H groups in total. The van der Waals surface area contributed by atoms with Crippen LogP contribution < -0.4 is 4.74 Å². The Bertz CT molecular complexity index is 1980. The molecule has 0 amide bonds. The fourth-order valence-electron chi connectivity index (χ4n) is 8.54. The lowest BCUT2D eigenvalue weighted by Gasteiger charge is -2.49. The number of hydrogen-bond donors (Lipinski definition) is 3. The molecule has 248 valence electrons. The monoisotopic (exact) mass is 649 g/mol. The Morgan fingerprint density at radius 2 is 1.75 bits per heavy atom. The third-order valence-electron chi connectivity index (χ3n) is 10.8. The van der Waals surface area contributed by atoms with Gasteiger partial charge in [-0.05, 0) is 92.1 Å². The van der Waals surface area contributed by atoms with E-state index >= 15 is 0 Å². The summed E-state index contributed by atoms with van der Waals surface area (Å²) in [5.41, 5.74) is 0.210. The second kappa shape index (κ2) is 11.6. The van der Waals surface area contributed by atoms with Crippen LogP contribution in [0.15, 0.2) is 64.7 Å². The van der Waals surface area contributed by atoms with Gasteiger partial charge in [0.1, 0.15) is 23.7 Å². The van der Waals surface area contributed by atoms with Crippen LogP contribution in [-0.4, -0.2) is 74.6 Å². The van der Waals surface area contributed by atoms with Gasteiger partial charge in [0, 0.05) is 23.4 Å². The standard InChI is InChI=1S/C38H39N3O7/c1-40(2)31-27-18-25-17-24-16-23-12-11-22(19-41-13-7-4-8-14-41)15-26(23)32(42)28(24)33(43)29(25)35(44)38(27,46)36(45)30-34(31)48-39-37(30)47-20-21-9-5-3-6-10-21/h3,5-6,9-12,15-16,25,27,31,42-43,46H,4,7-8,13-14,17-20H2,1-2H3/t25-,27-,31-,38-/m0/s1. The van der Waals surface area contributed by atoms with E-state index in [1.165, 1.54) is 19.3 Å². The maximum absolute atomic E-state index is 14.5. The number of aliphatic hydroxyl groups excluding tert-OH is 1. The smallest absolute Gasteiger partial charge is 0.265 e. The molecule has 0 spiro atoms. The minimum Gasteiger partial charge on any atom is -0.507 e. The highest BCUT2D eigenvalue weighted by Crippen LogP contribution is 2.56. The number of carbonyl (C=O) groups is 2. The number of aromatic hydroxyl groups is 1. The fraction of sp³-hybridized carbons (Fsp3) is 0.395. The summed E-state index contributed by atoms with van der Waals surface area (Å²) < 4.78 is 11.6. The van der Waals surface area contributed by atoms with Gasteiger partial charge in [0.25, 0.3) is 5.88 Å². The Labute approximate surface area is 278 Å². The molecule has 4 aromatic rings. The highest BCUT2D eigenvalue weighted by molar-refractivity contribution is 6.26. The number of phenols is 1. The average molecular weight is 650 g/mol. The molecule has 2 fully saturated rings. The molecule has 0 bridgehead atoms. The molecule has 1 aliphatic heterocycles. The molecule has 4 atom stereocenters. The second-order valence-electron chi connectivity index (χ2n) is 14.0. The highest BCUT2D eigenvalue weighted by atomic mass is 16.5. The van der Waals surface area contributed by atoms with Crippen molar-refractivity contribution in [1.29, 1.82) is 0 Å². The van der Waals surface area contributed by atoms with E-state index < -0.39 is 35.0 Å². The first-order chi connectivity index (χ1) is 23.2. The highest BCUT2D eigenvalue weighted by Gasteiger charge is 2.65. The third-order valence-corrected chi connectivity index (χ3v) is 10.8. The molecule has 4 aliphatic rings. The number of fused-ring (bicyclic) bond motifs is 5. The summed E-state index contributed by atoms with van der Waals surface area (Å²) >= 11 is 0. The number of hydrogen-bond acceptors (Lipinski definition) is 10. The molecule has 1 aromatic heterocycles. The summed E-state index contributed by atoms with van der Waals surface area (Å²) in [4.78, 5) is 33.0. The molecule has 8 rings (SSSR count). The Kier molecular flexibility index (Phi) is 7.43. The first-order valence-electron chi connectivity index (χ1n) is 16.7. The molecule has 0 radical (unpaired) electrons. The topological polar surface area (TPSA) is 137 Å². The van der Waals surface area contributed by atoms with Crippen molar-refractivity contribution in [2.45, 2.75) is 56.9 Å². The molecular formula is C38H39N3O7. The lowest BCUT2D eigenvalue weighted by Crippen LogP contribution is -2.63. The van der Waals surface area contributed by atoms with Crippen LogP contribution in [0.3, 0.4) is 0 Å². The molecule has 1 saturated carbocycles. The van der Waals surface area contributed by atoms with E-state index in [1.807, 2.05) is 53.4 Å². The Balaban J connectivity index is 1.18. The average Bonchev–Trinajstić information content (AvgIpc) is 3.50. The molecule has 2 heterocycles. The van der Waals surface area contributed by atoms with Crippen molar-refractivity contribution in [3.63, 3.8) is 0 Å². The summed E-state index contributed by atoms with van der Waals surface area (Å²) in [6.45, 7) is 2.96. The van der Waals surface area contributed by atoms with Gasteiger partial charge in [-0.25, -0.2) is 0 Å². The lowest BCUT2D eigenvalue weighted by molar-refractivity contribution is -0.142. The normalized spacial score (nSPS) is 25.5. The van der Waals surface area contributed by atoms with Crippen molar-refractivity contribution in [3.8, 4) is 11.6 Å². The number of ketones is 2. The number of carbonyl (C=O) groups excluding carboxylic acids is 2. The minimum atomic E-state index is -2.50. The van der Waals surface area contributed by atoms with Crippen molar-refractivity contribution in [3.05, 3.63) is 93.7 Å². The number of rotatable bonds is 6. The Morgan fingerprint density at radius 3 is 2.50 bits per heavy atom. The molecular weight excluding hydrogens is 610 g/mol. The number of aliphatic hydroxyl groups is 2. The molecule has 3 aromatic carbocycles. The van der Waals surface area contributed by atoms with Crippen LogP contribution in [0, 0.1) is 11.8 Å². The van der Waals surface area contributed by atoms with E-state index in [4.69, 9.17) is 9.26 Å². The third kappa shape index (κ3) is 4.69. The molecule has 48 heavy (non-hydrogen) atoms. The van der Waals surface area contributed by atoms with Gasteiger partial charge >= 0.3 is 0 Å². The quantitative estimate of drug-likeness (QED) is 0.234. The fourth-order valence-corrected chi connectivity index (χ4v) is 8.54. The lowest BCUT2D eigenvalue weighted by atomic mass is 9.57. The van der Waals surface area contributed by atoms with E-state index in [0.717, 1.165) is 36.1 Å². The van der Waals surface area contributed by atoms with E-state index in [2.05, 4.69) is 16.1 Å². The van der Waals surface area contributed by atoms with Crippen molar-refractivity contribution >= 4 is 28.1 Å². The van der Waals surface area contributed by atoms with Crippen LogP contribution in [0.4, 0.5) is 0 Å². The van der Waals surface area contributed by atoms with E-state index in [9.17, 15) is 24.9 Å². The number of Topliss-reactive ketones (excluding diaryl/α,β-unsaturated/α-hetero) is 2. The first-order valence-corrected chi connectivity index (χ1v) is 16.7. The minimum absolute atomic E-state index is 0.0297. The predicted molar refractivity (Wildman–Crippen MR) is 178 cm³/mol. The van der Waals surface area contributed by atoms with E-state index in [1.54, 1.807) is 14.1 Å². The second-order valence-corrected chi connectivity index (χ2v) is 14.0. The van der Waals surface area contributed by atoms with Gasteiger partial charge in [0.05, 0.1) is 11.6 Å². The molecule has 10 nitrogen and oxygen atoms in total. The van der Waals surface area contributed by atoms with Gasteiger partial charge in [-0.3, -0.25) is 19.4 Å². The van der Waals surface area contributed by atoms with Crippen molar-refractivity contribution in [2.24, 2.45) is 11.8 Å². The van der Waals surface area contributed by atoms with Gasteiger partial charge < -0.3 is 24.6 Å². The van der Waals surface area contributed by atoms with Crippen molar-refractivity contribution in [1.82, 2.24) is 15.0 Å². The van der Waals surface area contributed by atoms with Gasteiger partial charge in [-0.1, -0.05) is 55.0 Å². The molecule has 3 aliphatic carbocycles. The number of phenolic OH excluding ortho intramolecular Hbond substituents is 1. The van der Waals surface area contributed by atoms with Crippen molar-refractivity contribution < 1.29 is 34.2 Å². The maximum Gasteiger partial charge on any atom is 0.265 e. The summed E-state index contributed by atoms with van der Waals surface area (Å²) in [5.74, 6) is -3.41. The zero-order valence-corrected chi connectivity index (χ0v) is 27.1. The van der Waals surface area contributed by atoms with E-state index in [-0.39, 0.29) is 52.9 Å². The summed E-state index contributed by atoms with van der Waals surface area (Å²) in [6.07, 6.45) is 4.18. The number of nitrogens with zero attached hydrogens (tertiary/aromatic N) is 3. The number of ether oxygens (including phenoxy) is 1. The molecule has 0 unspecified atom stereocenters. The van der Waals surface area contributed by atoms with Crippen LogP contribution in [0.1, 0.15) is 70.1 Å². The molecule has 10 heteroatoms. The number of piperidine rings is 1. The van der Waals surface area contributed by atoms with Gasteiger partial charge in [0.2, 0.25) is 11.6 Å². The predicted octanol–water partition coefficient (Wildman–Crippen LogP) is 5.36. The summed E-state index contributed by atoms with van der Waals surface area (Å²) in [5, 5.41) is 41.2. The number of benzene rings is 3. The Morgan fingerprint density at radius 1 is 0.979 bits per heavy atom. The van der Waals surface area contributed by atoms with Gasteiger partial charge in [-0.2, -0.15) is 0 Å². The zero-order valence-electron chi connectivity index (χ0n) is 27.1. The van der Waals surface area contributed by atoms with Crippen LogP contribution >= 0.6 is 0 Å². The zero-order chi connectivity index (χ0) is 33.3. The van der Waals surface area contributed by atoms with Gasteiger partial charge in [-0.15, -0.1) is 0 Å². The summed E-state index contributed by atoms with van der Waals surface area (Å²) in [7, 11) is 3.59. The number of likely N-dealkylation sites (tertiary alicyclic amines) is 1. The number of aromatic nitrogens is 1. The summed E-state index contributed by atoms with van der Waals surface area (Å²) in [6, 6.07) is 16.7. The SMILES string of the molecule is CN(C)[C@@H]1c2onc(OCc3ccccc3)c2C(=O)[C@@]2(O)C(=O)C3=C(O)c4c(cc5ccc(CN6CCCCC6)cc5c4O)C[C@H]3C[C@@H]12. The van der Waals surface area contributed by atoms with Crippen LogP contribution in [0.25, 0.3) is 16.5 Å². The Hall–Kier alpha value is -4.51.